The summed E-state index contributed by atoms with van der Waals surface area (Å²) in [5, 5.41) is 9.74. The minimum absolute atomic E-state index is 0.0347. The highest BCUT2D eigenvalue weighted by Crippen LogP contribution is 2.32. The number of ether oxygens (including phenoxy) is 1. The lowest BCUT2D eigenvalue weighted by Gasteiger charge is -2.09. The second kappa shape index (κ2) is 6.05. The van der Waals surface area contributed by atoms with Gasteiger partial charge in [0, 0.05) is 5.33 Å². The molecule has 19 heavy (non-hydrogen) atoms. The monoisotopic (exact) mass is 339 g/mol. The molecule has 2 aromatic carbocycles. The maximum atomic E-state index is 13.7. The summed E-state index contributed by atoms with van der Waals surface area (Å²) in [6.45, 7) is 0. The van der Waals surface area contributed by atoms with E-state index in [2.05, 4.69) is 15.9 Å². The van der Waals surface area contributed by atoms with Crippen LogP contribution >= 0.6 is 27.5 Å². The fourth-order valence-corrected chi connectivity index (χ4v) is 2.07. The molecule has 2 aromatic rings. The Morgan fingerprint density at radius 1 is 1.21 bits per heavy atom. The lowest BCUT2D eigenvalue weighted by atomic mass is 10.2. The van der Waals surface area contributed by atoms with Gasteiger partial charge >= 0.3 is 0 Å². The highest BCUT2D eigenvalue weighted by Gasteiger charge is 2.09. The van der Waals surface area contributed by atoms with Crippen molar-refractivity contribution in [3.05, 3.63) is 58.4 Å². The Hall–Kier alpha value is -1.57. The molecule has 0 amide bonds. The van der Waals surface area contributed by atoms with Crippen molar-refractivity contribution < 1.29 is 9.13 Å². The average Bonchev–Trinajstić information content (AvgIpc) is 2.42. The molecule has 0 unspecified atom stereocenters. The Morgan fingerprint density at radius 3 is 2.53 bits per heavy atom. The summed E-state index contributed by atoms with van der Waals surface area (Å²) >= 11 is 9.37. The van der Waals surface area contributed by atoms with Gasteiger partial charge in [-0.15, -0.1) is 0 Å². The molecule has 0 saturated heterocycles. The van der Waals surface area contributed by atoms with Crippen molar-refractivity contribution in [2.24, 2.45) is 0 Å². The molecule has 5 heteroatoms. The number of alkyl halides is 1. The van der Waals surface area contributed by atoms with Gasteiger partial charge in [-0.3, -0.25) is 0 Å². The van der Waals surface area contributed by atoms with Crippen molar-refractivity contribution >= 4 is 27.5 Å². The molecule has 0 aliphatic rings. The highest BCUT2D eigenvalue weighted by molar-refractivity contribution is 9.08. The first kappa shape index (κ1) is 13.9. The third-order valence-corrected chi connectivity index (χ3v) is 3.37. The third-order valence-electron chi connectivity index (χ3n) is 2.43. The van der Waals surface area contributed by atoms with E-state index in [1.165, 1.54) is 12.1 Å². The molecule has 96 valence electrons. The molecular weight excluding hydrogens is 333 g/mol. The Morgan fingerprint density at radius 2 is 1.95 bits per heavy atom. The van der Waals surface area contributed by atoms with Gasteiger partial charge in [0.1, 0.15) is 5.75 Å². The second-order valence-electron chi connectivity index (χ2n) is 3.76. The van der Waals surface area contributed by atoms with Gasteiger partial charge in [-0.2, -0.15) is 5.26 Å². The summed E-state index contributed by atoms with van der Waals surface area (Å²) in [6, 6.07) is 11.1. The molecule has 0 atom stereocenters. The number of nitrogens with zero attached hydrogens (tertiary/aromatic N) is 1. The van der Waals surface area contributed by atoms with E-state index in [9.17, 15) is 4.39 Å². The molecule has 0 heterocycles. The lowest BCUT2D eigenvalue weighted by molar-refractivity contribution is 0.442. The van der Waals surface area contributed by atoms with Crippen LogP contribution in [0.15, 0.2) is 36.4 Å². The summed E-state index contributed by atoms with van der Waals surface area (Å²) in [5.41, 5.74) is 1.24. The first-order valence-electron chi connectivity index (χ1n) is 5.36. The van der Waals surface area contributed by atoms with E-state index in [0.717, 1.165) is 11.6 Å². The van der Waals surface area contributed by atoms with E-state index >= 15 is 0 Å². The van der Waals surface area contributed by atoms with Crippen molar-refractivity contribution in [3.8, 4) is 17.6 Å². The fourth-order valence-electron chi connectivity index (χ4n) is 1.48. The largest absolute Gasteiger partial charge is 0.453 e. The summed E-state index contributed by atoms with van der Waals surface area (Å²) in [6.07, 6.45) is 0. The molecule has 0 radical (unpaired) electrons. The molecule has 0 saturated carbocycles. The predicted molar refractivity (Wildman–Crippen MR) is 75.3 cm³/mol. The van der Waals surface area contributed by atoms with Crippen molar-refractivity contribution in [2.45, 2.75) is 5.33 Å². The van der Waals surface area contributed by atoms with Crippen molar-refractivity contribution in [3.63, 3.8) is 0 Å². The molecule has 2 rings (SSSR count). The number of benzene rings is 2. The smallest absolute Gasteiger partial charge is 0.167 e. The number of rotatable bonds is 3. The summed E-state index contributed by atoms with van der Waals surface area (Å²) < 4.78 is 19.1. The number of hydrogen-bond donors (Lipinski definition) is 0. The van der Waals surface area contributed by atoms with Gasteiger partial charge < -0.3 is 4.74 Å². The standard InChI is InChI=1S/C14H8BrClFNO/c15-7-9-1-3-13(11(16)5-9)19-14-4-2-10(8-18)6-12(14)17/h1-6H,7H2. The molecule has 0 aromatic heterocycles. The number of halogens is 3. The van der Waals surface area contributed by atoms with E-state index in [0.29, 0.717) is 16.1 Å². The molecule has 2 nitrogen and oxygen atoms in total. The molecule has 0 aliphatic carbocycles. The normalized spacial score (nSPS) is 10.0. The molecule has 0 N–H and O–H groups in total. The number of hydrogen-bond acceptors (Lipinski definition) is 2. The molecular formula is C14H8BrClFNO. The Kier molecular flexibility index (Phi) is 4.41. The van der Waals surface area contributed by atoms with Gasteiger partial charge in [0.25, 0.3) is 0 Å². The molecule has 0 spiro atoms. The van der Waals surface area contributed by atoms with Crippen LogP contribution in [0.5, 0.6) is 11.5 Å². The van der Waals surface area contributed by atoms with Crippen LogP contribution in [0.1, 0.15) is 11.1 Å². The third kappa shape index (κ3) is 3.25. The van der Waals surface area contributed by atoms with Crippen LogP contribution in [0.2, 0.25) is 5.02 Å². The minimum atomic E-state index is -0.598. The van der Waals surface area contributed by atoms with E-state index in [-0.39, 0.29) is 11.3 Å². The average molecular weight is 341 g/mol. The minimum Gasteiger partial charge on any atom is -0.453 e. The predicted octanol–water partition coefficient (Wildman–Crippen LogP) is 5.04. The zero-order valence-corrected chi connectivity index (χ0v) is 12.0. The van der Waals surface area contributed by atoms with Crippen LogP contribution in [0.25, 0.3) is 0 Å². The van der Waals surface area contributed by atoms with E-state index in [4.69, 9.17) is 21.6 Å². The Bertz CT molecular complexity index is 654. The van der Waals surface area contributed by atoms with Gasteiger partial charge in [0.15, 0.2) is 11.6 Å². The van der Waals surface area contributed by atoms with Crippen LogP contribution in [0.3, 0.4) is 0 Å². The maximum Gasteiger partial charge on any atom is 0.167 e. The molecule has 0 aliphatic heterocycles. The Labute approximate surface area is 123 Å². The van der Waals surface area contributed by atoms with Gasteiger partial charge in [0.2, 0.25) is 0 Å². The molecule has 0 fully saturated rings. The number of nitriles is 1. The van der Waals surface area contributed by atoms with E-state index < -0.39 is 5.82 Å². The summed E-state index contributed by atoms with van der Waals surface area (Å²) in [7, 11) is 0. The van der Waals surface area contributed by atoms with E-state index in [1.807, 2.05) is 12.1 Å². The van der Waals surface area contributed by atoms with Crippen LogP contribution in [0, 0.1) is 17.1 Å². The van der Waals surface area contributed by atoms with Gasteiger partial charge in [-0.1, -0.05) is 33.6 Å². The van der Waals surface area contributed by atoms with Crippen LogP contribution in [-0.2, 0) is 5.33 Å². The van der Waals surface area contributed by atoms with Gasteiger partial charge in [0.05, 0.1) is 16.7 Å². The highest BCUT2D eigenvalue weighted by atomic mass is 79.9. The fraction of sp³-hybridized carbons (Fsp3) is 0.0714. The van der Waals surface area contributed by atoms with Crippen LogP contribution < -0.4 is 4.74 Å². The van der Waals surface area contributed by atoms with Gasteiger partial charge in [-0.05, 0) is 35.9 Å². The van der Waals surface area contributed by atoms with Crippen LogP contribution in [0.4, 0.5) is 4.39 Å². The van der Waals surface area contributed by atoms with Crippen molar-refractivity contribution in [1.82, 2.24) is 0 Å². The summed E-state index contributed by atoms with van der Waals surface area (Å²) in [5.74, 6) is -0.192. The SMILES string of the molecule is N#Cc1ccc(Oc2ccc(CBr)cc2Cl)c(F)c1. The van der Waals surface area contributed by atoms with Crippen molar-refractivity contribution in [2.75, 3.05) is 0 Å². The quantitative estimate of drug-likeness (QED) is 0.733. The first-order chi connectivity index (χ1) is 9.13. The first-order valence-corrected chi connectivity index (χ1v) is 6.86. The zero-order valence-electron chi connectivity index (χ0n) is 9.66. The van der Waals surface area contributed by atoms with E-state index in [1.54, 1.807) is 12.1 Å². The van der Waals surface area contributed by atoms with Crippen LogP contribution in [-0.4, -0.2) is 0 Å². The summed E-state index contributed by atoms with van der Waals surface area (Å²) in [4.78, 5) is 0. The zero-order chi connectivity index (χ0) is 13.8. The van der Waals surface area contributed by atoms with Crippen molar-refractivity contribution in [1.29, 1.82) is 5.26 Å². The molecule has 0 bridgehead atoms. The second-order valence-corrected chi connectivity index (χ2v) is 4.73. The lowest BCUT2D eigenvalue weighted by Crippen LogP contribution is -1.91. The van der Waals surface area contributed by atoms with Gasteiger partial charge in [-0.25, -0.2) is 4.39 Å². The topological polar surface area (TPSA) is 33.0 Å². The maximum absolute atomic E-state index is 13.7. The Balaban J connectivity index is 2.29.